The second-order valence-electron chi connectivity index (χ2n) is 6.04. The summed E-state index contributed by atoms with van der Waals surface area (Å²) < 4.78 is 5.19. The van der Waals surface area contributed by atoms with E-state index < -0.39 is 5.60 Å². The molecular weight excluding hydrogens is 232 g/mol. The summed E-state index contributed by atoms with van der Waals surface area (Å²) in [6.45, 7) is 8.30. The molecule has 1 aliphatic rings. The molecule has 1 rings (SSSR count). The van der Waals surface area contributed by atoms with Crippen molar-refractivity contribution in [1.29, 1.82) is 0 Å². The Morgan fingerprint density at radius 2 is 1.94 bits per heavy atom. The average Bonchev–Trinajstić information content (AvgIpc) is 2.26. The molecule has 0 saturated carbocycles. The van der Waals surface area contributed by atoms with Gasteiger partial charge >= 0.3 is 0 Å². The lowest BCUT2D eigenvalue weighted by atomic mass is 9.94. The first-order chi connectivity index (χ1) is 8.31. The molecule has 106 valence electrons. The SMILES string of the molecule is CC(C)(C)NCCC(=O)NCC1(O)CCOCC1. The van der Waals surface area contributed by atoms with Crippen molar-refractivity contribution in [1.82, 2.24) is 10.6 Å². The molecule has 0 unspecified atom stereocenters. The number of nitrogens with one attached hydrogen (secondary N) is 2. The van der Waals surface area contributed by atoms with Crippen molar-refractivity contribution in [2.75, 3.05) is 26.3 Å². The van der Waals surface area contributed by atoms with Crippen molar-refractivity contribution in [2.24, 2.45) is 0 Å². The van der Waals surface area contributed by atoms with E-state index in [0.717, 1.165) is 0 Å². The van der Waals surface area contributed by atoms with Gasteiger partial charge in [0.15, 0.2) is 0 Å². The van der Waals surface area contributed by atoms with E-state index in [1.165, 1.54) is 0 Å². The fourth-order valence-corrected chi connectivity index (χ4v) is 1.83. The van der Waals surface area contributed by atoms with Crippen LogP contribution in [0, 0.1) is 0 Å². The van der Waals surface area contributed by atoms with E-state index in [1.54, 1.807) is 0 Å². The van der Waals surface area contributed by atoms with Gasteiger partial charge in [0.2, 0.25) is 5.91 Å². The molecule has 1 amide bonds. The summed E-state index contributed by atoms with van der Waals surface area (Å²) in [4.78, 5) is 11.6. The maximum atomic E-state index is 11.6. The molecule has 18 heavy (non-hydrogen) atoms. The summed E-state index contributed by atoms with van der Waals surface area (Å²) >= 11 is 0. The van der Waals surface area contributed by atoms with E-state index in [-0.39, 0.29) is 11.4 Å². The molecule has 1 fully saturated rings. The second kappa shape index (κ2) is 6.50. The standard InChI is InChI=1S/C13H26N2O3/c1-12(2,3)15-7-4-11(16)14-10-13(17)5-8-18-9-6-13/h15,17H,4-10H2,1-3H3,(H,14,16). The molecule has 0 aliphatic carbocycles. The smallest absolute Gasteiger partial charge is 0.221 e. The zero-order valence-corrected chi connectivity index (χ0v) is 11.7. The molecule has 0 spiro atoms. The highest BCUT2D eigenvalue weighted by Crippen LogP contribution is 2.19. The van der Waals surface area contributed by atoms with Crippen LogP contribution in [0.4, 0.5) is 0 Å². The Kier molecular flexibility index (Phi) is 5.56. The van der Waals surface area contributed by atoms with Gasteiger partial charge in [-0.2, -0.15) is 0 Å². The van der Waals surface area contributed by atoms with Gasteiger partial charge in [0.1, 0.15) is 0 Å². The highest BCUT2D eigenvalue weighted by Gasteiger charge is 2.29. The topological polar surface area (TPSA) is 70.6 Å². The summed E-state index contributed by atoms with van der Waals surface area (Å²) in [5.74, 6) is -0.0216. The van der Waals surface area contributed by atoms with Crippen LogP contribution in [0.5, 0.6) is 0 Å². The van der Waals surface area contributed by atoms with Crippen LogP contribution in [-0.2, 0) is 9.53 Å². The van der Waals surface area contributed by atoms with Gasteiger partial charge in [0.25, 0.3) is 0 Å². The Morgan fingerprint density at radius 3 is 2.50 bits per heavy atom. The molecule has 1 saturated heterocycles. The third kappa shape index (κ3) is 6.33. The first-order valence-corrected chi connectivity index (χ1v) is 6.63. The molecule has 0 aromatic heterocycles. The van der Waals surface area contributed by atoms with E-state index in [4.69, 9.17) is 4.74 Å². The molecule has 1 aliphatic heterocycles. The lowest BCUT2D eigenvalue weighted by Crippen LogP contribution is -2.47. The molecule has 0 bridgehead atoms. The lowest BCUT2D eigenvalue weighted by molar-refractivity contribution is -0.123. The third-order valence-electron chi connectivity index (χ3n) is 3.05. The summed E-state index contributed by atoms with van der Waals surface area (Å²) in [6, 6.07) is 0. The van der Waals surface area contributed by atoms with E-state index >= 15 is 0 Å². The zero-order chi connectivity index (χ0) is 13.6. The van der Waals surface area contributed by atoms with Crippen LogP contribution in [0.2, 0.25) is 0 Å². The minimum absolute atomic E-state index is 0.0216. The van der Waals surface area contributed by atoms with E-state index in [2.05, 4.69) is 31.4 Å². The number of aliphatic hydroxyl groups is 1. The van der Waals surface area contributed by atoms with Crippen molar-refractivity contribution in [3.63, 3.8) is 0 Å². The number of amides is 1. The summed E-state index contributed by atoms with van der Waals surface area (Å²) in [5.41, 5.74) is -0.759. The van der Waals surface area contributed by atoms with Crippen molar-refractivity contribution in [3.05, 3.63) is 0 Å². The first-order valence-electron chi connectivity index (χ1n) is 6.63. The zero-order valence-electron chi connectivity index (χ0n) is 11.7. The quantitative estimate of drug-likeness (QED) is 0.668. The van der Waals surface area contributed by atoms with E-state index in [0.29, 0.717) is 45.6 Å². The molecule has 0 atom stereocenters. The number of hydrogen-bond donors (Lipinski definition) is 3. The van der Waals surface area contributed by atoms with Gasteiger partial charge in [-0.1, -0.05) is 0 Å². The second-order valence-corrected chi connectivity index (χ2v) is 6.04. The van der Waals surface area contributed by atoms with Gasteiger partial charge in [-0.05, 0) is 20.8 Å². The van der Waals surface area contributed by atoms with Gasteiger partial charge in [0, 0.05) is 51.1 Å². The Balaban J connectivity index is 2.16. The predicted molar refractivity (Wildman–Crippen MR) is 70.4 cm³/mol. The molecule has 1 heterocycles. The van der Waals surface area contributed by atoms with Crippen LogP contribution in [0.25, 0.3) is 0 Å². The normalized spacial score (nSPS) is 19.6. The number of ether oxygens (including phenoxy) is 1. The summed E-state index contributed by atoms with van der Waals surface area (Å²) in [7, 11) is 0. The molecule has 3 N–H and O–H groups in total. The van der Waals surface area contributed by atoms with Crippen LogP contribution < -0.4 is 10.6 Å². The fraction of sp³-hybridized carbons (Fsp3) is 0.923. The van der Waals surface area contributed by atoms with Crippen molar-refractivity contribution < 1.29 is 14.6 Å². The fourth-order valence-electron chi connectivity index (χ4n) is 1.83. The van der Waals surface area contributed by atoms with Gasteiger partial charge in [-0.25, -0.2) is 0 Å². The van der Waals surface area contributed by atoms with E-state index in [1.807, 2.05) is 0 Å². The first kappa shape index (κ1) is 15.4. The van der Waals surface area contributed by atoms with Gasteiger partial charge in [-0.15, -0.1) is 0 Å². The van der Waals surface area contributed by atoms with Gasteiger partial charge < -0.3 is 20.5 Å². The van der Waals surface area contributed by atoms with E-state index in [9.17, 15) is 9.90 Å². The highest BCUT2D eigenvalue weighted by molar-refractivity contribution is 5.76. The summed E-state index contributed by atoms with van der Waals surface area (Å²) in [5, 5.41) is 16.2. The Labute approximate surface area is 109 Å². The number of rotatable bonds is 5. The van der Waals surface area contributed by atoms with Crippen LogP contribution in [0.15, 0.2) is 0 Å². The number of hydrogen-bond acceptors (Lipinski definition) is 4. The average molecular weight is 258 g/mol. The predicted octanol–water partition coefficient (Wildman–Crippen LogP) is 0.422. The van der Waals surface area contributed by atoms with Crippen molar-refractivity contribution in [2.45, 2.75) is 51.2 Å². The minimum atomic E-state index is -0.786. The number of carbonyl (C=O) groups excluding carboxylic acids is 1. The Morgan fingerprint density at radius 1 is 1.33 bits per heavy atom. The van der Waals surface area contributed by atoms with Crippen LogP contribution >= 0.6 is 0 Å². The maximum Gasteiger partial charge on any atom is 0.221 e. The largest absolute Gasteiger partial charge is 0.388 e. The highest BCUT2D eigenvalue weighted by atomic mass is 16.5. The molecule has 0 aromatic rings. The molecular formula is C13H26N2O3. The van der Waals surface area contributed by atoms with Crippen LogP contribution in [0.3, 0.4) is 0 Å². The Hall–Kier alpha value is -0.650. The number of carbonyl (C=O) groups is 1. The molecule has 0 aromatic carbocycles. The summed E-state index contributed by atoms with van der Waals surface area (Å²) in [6.07, 6.45) is 1.62. The minimum Gasteiger partial charge on any atom is -0.388 e. The monoisotopic (exact) mass is 258 g/mol. The molecule has 5 heteroatoms. The third-order valence-corrected chi connectivity index (χ3v) is 3.05. The van der Waals surface area contributed by atoms with Crippen molar-refractivity contribution >= 4 is 5.91 Å². The van der Waals surface area contributed by atoms with Gasteiger partial charge in [-0.3, -0.25) is 4.79 Å². The van der Waals surface area contributed by atoms with Gasteiger partial charge in [0.05, 0.1) is 5.60 Å². The molecule has 0 radical (unpaired) electrons. The van der Waals surface area contributed by atoms with Crippen LogP contribution in [0.1, 0.15) is 40.0 Å². The molecule has 5 nitrogen and oxygen atoms in total. The lowest BCUT2D eigenvalue weighted by Gasteiger charge is -2.32. The van der Waals surface area contributed by atoms with Crippen LogP contribution in [-0.4, -0.2) is 48.5 Å². The Bertz CT molecular complexity index is 268. The maximum absolute atomic E-state index is 11.6. The van der Waals surface area contributed by atoms with Crippen molar-refractivity contribution in [3.8, 4) is 0 Å².